The molecular weight excluding hydrogens is 258 g/mol. The van der Waals surface area contributed by atoms with Gasteiger partial charge in [-0.15, -0.1) is 0 Å². The molecular formula is C19H29NO. The second kappa shape index (κ2) is 5.15. The van der Waals surface area contributed by atoms with E-state index in [0.717, 1.165) is 29.9 Å². The van der Waals surface area contributed by atoms with Gasteiger partial charge in [-0.1, -0.05) is 6.92 Å². The van der Waals surface area contributed by atoms with Crippen LogP contribution in [0.1, 0.15) is 70.6 Å². The number of furan rings is 1. The molecule has 1 aromatic rings. The standard InChI is InChI=1S/C19H29NO/c1-3-17(18-5-4-6-21-18)20-13(2)19-10-14-7-15(11-19)9-16(8-14)12-19/h4-6,13-17,20H,3,7-12H2,1-2H3. The van der Waals surface area contributed by atoms with Gasteiger partial charge in [0.25, 0.3) is 0 Å². The maximum atomic E-state index is 5.64. The molecule has 1 aromatic heterocycles. The minimum atomic E-state index is 0.378. The van der Waals surface area contributed by atoms with Gasteiger partial charge in [-0.2, -0.15) is 0 Å². The summed E-state index contributed by atoms with van der Waals surface area (Å²) in [5, 5.41) is 3.93. The molecule has 4 aliphatic rings. The minimum absolute atomic E-state index is 0.378. The molecule has 4 fully saturated rings. The number of nitrogens with one attached hydrogen (secondary N) is 1. The molecule has 0 amide bonds. The summed E-state index contributed by atoms with van der Waals surface area (Å²) in [6.07, 6.45) is 11.9. The van der Waals surface area contributed by atoms with Gasteiger partial charge in [0.1, 0.15) is 5.76 Å². The van der Waals surface area contributed by atoms with Crippen molar-refractivity contribution in [2.75, 3.05) is 0 Å². The zero-order chi connectivity index (χ0) is 14.4. The van der Waals surface area contributed by atoms with E-state index in [0.29, 0.717) is 17.5 Å². The molecule has 0 aliphatic heterocycles. The van der Waals surface area contributed by atoms with E-state index in [4.69, 9.17) is 4.42 Å². The van der Waals surface area contributed by atoms with E-state index in [9.17, 15) is 0 Å². The minimum Gasteiger partial charge on any atom is -0.468 e. The second-order valence-electron chi connectivity index (χ2n) is 8.14. The first-order valence-electron chi connectivity index (χ1n) is 8.98. The Bertz CT molecular complexity index is 442. The van der Waals surface area contributed by atoms with Crippen LogP contribution in [0.4, 0.5) is 0 Å². The summed E-state index contributed by atoms with van der Waals surface area (Å²) in [6.45, 7) is 4.70. The first-order chi connectivity index (χ1) is 10.2. The highest BCUT2D eigenvalue weighted by molar-refractivity contribution is 5.08. The summed E-state index contributed by atoms with van der Waals surface area (Å²) in [6, 6.07) is 5.12. The highest BCUT2D eigenvalue weighted by Gasteiger charge is 2.53. The normalized spacial score (nSPS) is 40.4. The summed E-state index contributed by atoms with van der Waals surface area (Å²) in [5.74, 6) is 4.20. The van der Waals surface area contributed by atoms with Crippen molar-refractivity contribution < 1.29 is 4.42 Å². The van der Waals surface area contributed by atoms with Crippen LogP contribution in [0.15, 0.2) is 22.8 Å². The Kier molecular flexibility index (Phi) is 3.40. The third kappa shape index (κ3) is 2.36. The Morgan fingerprint density at radius 1 is 1.19 bits per heavy atom. The lowest BCUT2D eigenvalue weighted by atomic mass is 9.48. The fourth-order valence-corrected chi connectivity index (χ4v) is 6.08. The molecule has 0 spiro atoms. The molecule has 4 bridgehead atoms. The average Bonchev–Trinajstić information content (AvgIpc) is 2.97. The van der Waals surface area contributed by atoms with Crippen molar-refractivity contribution in [3.63, 3.8) is 0 Å². The fourth-order valence-electron chi connectivity index (χ4n) is 6.08. The Morgan fingerprint density at radius 2 is 1.81 bits per heavy atom. The summed E-state index contributed by atoms with van der Waals surface area (Å²) < 4.78 is 5.64. The Hall–Kier alpha value is -0.760. The lowest BCUT2D eigenvalue weighted by Gasteiger charge is -2.59. The van der Waals surface area contributed by atoms with E-state index in [2.05, 4.69) is 25.2 Å². The molecule has 0 radical (unpaired) electrons. The van der Waals surface area contributed by atoms with E-state index in [1.54, 1.807) is 6.26 Å². The van der Waals surface area contributed by atoms with Crippen LogP contribution < -0.4 is 5.32 Å². The van der Waals surface area contributed by atoms with Crippen molar-refractivity contribution in [3.05, 3.63) is 24.2 Å². The average molecular weight is 287 g/mol. The molecule has 4 aliphatic carbocycles. The van der Waals surface area contributed by atoms with Gasteiger partial charge in [-0.3, -0.25) is 0 Å². The molecule has 2 atom stereocenters. The molecule has 0 aromatic carbocycles. The van der Waals surface area contributed by atoms with E-state index < -0.39 is 0 Å². The van der Waals surface area contributed by atoms with Crippen molar-refractivity contribution in [1.82, 2.24) is 5.32 Å². The van der Waals surface area contributed by atoms with Crippen LogP contribution in [0.2, 0.25) is 0 Å². The third-order valence-electron chi connectivity index (χ3n) is 6.75. The van der Waals surface area contributed by atoms with E-state index in [-0.39, 0.29) is 0 Å². The first kappa shape index (κ1) is 13.9. The lowest BCUT2D eigenvalue weighted by molar-refractivity contribution is -0.0726. The molecule has 2 unspecified atom stereocenters. The summed E-state index contributed by atoms with van der Waals surface area (Å²) >= 11 is 0. The molecule has 116 valence electrons. The predicted molar refractivity (Wildman–Crippen MR) is 84.9 cm³/mol. The van der Waals surface area contributed by atoms with Gasteiger partial charge in [0.15, 0.2) is 0 Å². The Morgan fingerprint density at radius 3 is 2.29 bits per heavy atom. The van der Waals surface area contributed by atoms with Gasteiger partial charge in [0.2, 0.25) is 0 Å². The summed E-state index contributed by atoms with van der Waals surface area (Å²) in [5.41, 5.74) is 0.578. The Labute approximate surface area is 128 Å². The van der Waals surface area contributed by atoms with Crippen LogP contribution >= 0.6 is 0 Å². The van der Waals surface area contributed by atoms with E-state index in [1.165, 1.54) is 38.5 Å². The van der Waals surface area contributed by atoms with Crippen molar-refractivity contribution in [3.8, 4) is 0 Å². The zero-order valence-electron chi connectivity index (χ0n) is 13.5. The predicted octanol–water partition coefficient (Wildman–Crippen LogP) is 4.93. The third-order valence-corrected chi connectivity index (χ3v) is 6.75. The smallest absolute Gasteiger partial charge is 0.120 e. The van der Waals surface area contributed by atoms with Crippen LogP contribution in [0, 0.1) is 23.2 Å². The Balaban J connectivity index is 1.50. The molecule has 0 saturated heterocycles. The maximum Gasteiger partial charge on any atom is 0.120 e. The van der Waals surface area contributed by atoms with Crippen LogP contribution in [0.3, 0.4) is 0 Å². The monoisotopic (exact) mass is 287 g/mol. The van der Waals surface area contributed by atoms with Gasteiger partial charge in [-0.25, -0.2) is 0 Å². The highest BCUT2D eigenvalue weighted by atomic mass is 16.3. The second-order valence-corrected chi connectivity index (χ2v) is 8.14. The van der Waals surface area contributed by atoms with Gasteiger partial charge in [0.05, 0.1) is 12.3 Å². The number of hydrogen-bond acceptors (Lipinski definition) is 2. The first-order valence-corrected chi connectivity index (χ1v) is 8.98. The molecule has 2 nitrogen and oxygen atoms in total. The summed E-state index contributed by atoms with van der Waals surface area (Å²) in [4.78, 5) is 0. The molecule has 4 saturated carbocycles. The zero-order valence-corrected chi connectivity index (χ0v) is 13.5. The molecule has 2 heteroatoms. The van der Waals surface area contributed by atoms with Crippen LogP contribution in [0.25, 0.3) is 0 Å². The van der Waals surface area contributed by atoms with Crippen molar-refractivity contribution >= 4 is 0 Å². The van der Waals surface area contributed by atoms with Gasteiger partial charge >= 0.3 is 0 Å². The van der Waals surface area contributed by atoms with Gasteiger partial charge in [-0.05, 0) is 87.2 Å². The van der Waals surface area contributed by atoms with Crippen molar-refractivity contribution in [1.29, 1.82) is 0 Å². The number of rotatable bonds is 5. The topological polar surface area (TPSA) is 25.2 Å². The highest BCUT2D eigenvalue weighted by Crippen LogP contribution is 2.61. The molecule has 1 N–H and O–H groups in total. The van der Waals surface area contributed by atoms with E-state index in [1.807, 2.05) is 6.07 Å². The van der Waals surface area contributed by atoms with Gasteiger partial charge in [0, 0.05) is 6.04 Å². The summed E-state index contributed by atoms with van der Waals surface area (Å²) in [7, 11) is 0. The van der Waals surface area contributed by atoms with Crippen molar-refractivity contribution in [2.45, 2.75) is 70.9 Å². The maximum absolute atomic E-state index is 5.64. The molecule has 21 heavy (non-hydrogen) atoms. The van der Waals surface area contributed by atoms with Crippen LogP contribution in [-0.4, -0.2) is 6.04 Å². The quantitative estimate of drug-likeness (QED) is 0.831. The van der Waals surface area contributed by atoms with E-state index >= 15 is 0 Å². The van der Waals surface area contributed by atoms with Crippen LogP contribution in [0.5, 0.6) is 0 Å². The molecule has 5 rings (SSSR count). The van der Waals surface area contributed by atoms with Crippen LogP contribution in [-0.2, 0) is 0 Å². The largest absolute Gasteiger partial charge is 0.468 e. The number of hydrogen-bond donors (Lipinski definition) is 1. The van der Waals surface area contributed by atoms with Crippen molar-refractivity contribution in [2.24, 2.45) is 23.2 Å². The fraction of sp³-hybridized carbons (Fsp3) is 0.789. The molecule has 1 heterocycles. The van der Waals surface area contributed by atoms with Gasteiger partial charge < -0.3 is 9.73 Å². The lowest BCUT2D eigenvalue weighted by Crippen LogP contribution is -2.55. The SMILES string of the molecule is CCC(NC(C)C12CC3CC(CC(C3)C1)C2)c1ccco1.